The fraction of sp³-hybridized carbons (Fsp3) is 0.750. The first-order valence-electron chi connectivity index (χ1n) is 6.58. The van der Waals surface area contributed by atoms with Crippen molar-refractivity contribution in [2.75, 3.05) is 12.3 Å². The van der Waals surface area contributed by atoms with Crippen molar-refractivity contribution >= 4 is 11.8 Å². The molecule has 0 aliphatic heterocycles. The lowest BCUT2D eigenvalue weighted by Gasteiger charge is -2.11. The molecule has 0 amide bonds. The maximum absolute atomic E-state index is 11.2. The van der Waals surface area contributed by atoms with E-state index in [0.29, 0.717) is 11.2 Å². The first-order chi connectivity index (χ1) is 9.04. The number of H-pyrrole nitrogens is 1. The van der Waals surface area contributed by atoms with Crippen molar-refractivity contribution in [3.8, 4) is 0 Å². The van der Waals surface area contributed by atoms with Crippen molar-refractivity contribution in [3.63, 3.8) is 0 Å². The van der Waals surface area contributed by atoms with Gasteiger partial charge in [-0.15, -0.1) is 0 Å². The van der Waals surface area contributed by atoms with Crippen molar-refractivity contribution in [1.29, 1.82) is 0 Å². The Morgan fingerprint density at radius 2 is 2.16 bits per heavy atom. The molecule has 1 aromatic heterocycles. The van der Waals surface area contributed by atoms with Gasteiger partial charge in [0.2, 0.25) is 0 Å². The highest BCUT2D eigenvalue weighted by molar-refractivity contribution is 7.99. The van der Waals surface area contributed by atoms with E-state index in [-0.39, 0.29) is 0 Å². The normalized spacial score (nSPS) is 12.6. The van der Waals surface area contributed by atoms with Gasteiger partial charge in [0, 0.05) is 18.8 Å². The molecule has 6 nitrogen and oxygen atoms in total. The molecule has 1 heterocycles. The van der Waals surface area contributed by atoms with Crippen LogP contribution >= 0.6 is 11.8 Å². The van der Waals surface area contributed by atoms with Crippen LogP contribution in [0.5, 0.6) is 0 Å². The lowest BCUT2D eigenvalue weighted by Crippen LogP contribution is -2.33. The molecule has 0 aliphatic rings. The summed E-state index contributed by atoms with van der Waals surface area (Å²) >= 11 is 1.50. The zero-order valence-electron chi connectivity index (χ0n) is 11.7. The molecular weight excluding hydrogens is 264 g/mol. The summed E-state index contributed by atoms with van der Waals surface area (Å²) in [7, 11) is 1.68. The summed E-state index contributed by atoms with van der Waals surface area (Å²) in [6, 6.07) is 0.547. The zero-order chi connectivity index (χ0) is 14.3. The number of rotatable bonds is 8. The summed E-state index contributed by atoms with van der Waals surface area (Å²) in [4.78, 5) is 25.9. The fourth-order valence-corrected chi connectivity index (χ4v) is 2.67. The van der Waals surface area contributed by atoms with Crippen molar-refractivity contribution in [2.24, 2.45) is 7.05 Å². The highest BCUT2D eigenvalue weighted by Gasteiger charge is 2.04. The first kappa shape index (κ1) is 16.0. The van der Waals surface area contributed by atoms with E-state index in [4.69, 9.17) is 0 Å². The van der Waals surface area contributed by atoms with Gasteiger partial charge in [0.1, 0.15) is 0 Å². The van der Waals surface area contributed by atoms with Crippen LogP contribution in [-0.4, -0.2) is 33.1 Å². The maximum atomic E-state index is 11.2. The molecule has 1 rings (SSSR count). The Labute approximate surface area is 117 Å². The van der Waals surface area contributed by atoms with Gasteiger partial charge in [0.25, 0.3) is 0 Å². The van der Waals surface area contributed by atoms with Gasteiger partial charge in [-0.2, -0.15) is 4.98 Å². The number of hydrogen-bond donors (Lipinski definition) is 2. The summed E-state index contributed by atoms with van der Waals surface area (Å²) in [5, 5.41) is 6.37. The number of aromatic nitrogens is 3. The van der Waals surface area contributed by atoms with Crippen molar-refractivity contribution in [1.82, 2.24) is 20.1 Å². The molecule has 0 radical (unpaired) electrons. The van der Waals surface area contributed by atoms with Gasteiger partial charge in [-0.25, -0.2) is 0 Å². The Balaban J connectivity index is 2.32. The lowest BCUT2D eigenvalue weighted by molar-refractivity contribution is 0.510. The summed E-state index contributed by atoms with van der Waals surface area (Å²) in [6.45, 7) is 5.29. The van der Waals surface area contributed by atoms with Crippen LogP contribution in [0.4, 0.5) is 0 Å². The standard InChI is InChI=1S/C12H22N4O2S/c1-4-13-9(2)7-5-6-8-19-12-14-10(17)11(18)15-16(12)3/h9,13H,4-8H2,1-3H3,(H,15,18). The predicted octanol–water partition coefficient (Wildman–Crippen LogP) is 0.729. The van der Waals surface area contributed by atoms with Crippen LogP contribution < -0.4 is 16.4 Å². The third kappa shape index (κ3) is 5.61. The largest absolute Gasteiger partial charge is 0.339 e. The van der Waals surface area contributed by atoms with Gasteiger partial charge in [0.15, 0.2) is 5.16 Å². The monoisotopic (exact) mass is 286 g/mol. The molecule has 2 N–H and O–H groups in total. The molecule has 7 heteroatoms. The predicted molar refractivity (Wildman–Crippen MR) is 77.8 cm³/mol. The Hall–Kier alpha value is -1.08. The minimum atomic E-state index is -0.721. The molecule has 108 valence electrons. The van der Waals surface area contributed by atoms with Gasteiger partial charge < -0.3 is 5.32 Å². The maximum Gasteiger partial charge on any atom is 0.339 e. The molecule has 1 atom stereocenters. The fourth-order valence-electron chi connectivity index (χ4n) is 1.76. The van der Waals surface area contributed by atoms with Crippen LogP contribution in [0.25, 0.3) is 0 Å². The van der Waals surface area contributed by atoms with Gasteiger partial charge >= 0.3 is 11.1 Å². The van der Waals surface area contributed by atoms with Crippen molar-refractivity contribution in [2.45, 2.75) is 44.3 Å². The van der Waals surface area contributed by atoms with E-state index >= 15 is 0 Å². The molecule has 0 saturated heterocycles. The van der Waals surface area contributed by atoms with Gasteiger partial charge in [-0.1, -0.05) is 25.1 Å². The third-order valence-corrected chi connectivity index (χ3v) is 3.88. The second kappa shape index (κ2) is 8.16. The minimum absolute atomic E-state index is 0.547. The molecule has 0 spiro atoms. The highest BCUT2D eigenvalue weighted by atomic mass is 32.2. The average Bonchev–Trinajstić information content (AvgIpc) is 2.35. The Bertz CT molecular complexity index is 497. The van der Waals surface area contributed by atoms with E-state index in [2.05, 4.69) is 29.2 Å². The molecule has 0 bridgehead atoms. The van der Waals surface area contributed by atoms with E-state index < -0.39 is 11.1 Å². The lowest BCUT2D eigenvalue weighted by atomic mass is 10.1. The summed E-state index contributed by atoms with van der Waals surface area (Å²) in [5.41, 5.74) is -1.40. The van der Waals surface area contributed by atoms with Crippen LogP contribution in [0.1, 0.15) is 33.1 Å². The minimum Gasteiger partial charge on any atom is -0.315 e. The number of nitrogens with one attached hydrogen (secondary N) is 2. The van der Waals surface area contributed by atoms with Crippen LogP contribution in [0.2, 0.25) is 0 Å². The zero-order valence-corrected chi connectivity index (χ0v) is 12.5. The molecule has 0 aliphatic carbocycles. The van der Waals surface area contributed by atoms with E-state index in [9.17, 15) is 9.59 Å². The SMILES string of the molecule is CCNC(C)CCCCSc1nc(=O)c(=O)[nH]n1C. The number of hydrogen-bond acceptors (Lipinski definition) is 5. The van der Waals surface area contributed by atoms with E-state index in [1.807, 2.05) is 0 Å². The topological polar surface area (TPSA) is 79.8 Å². The van der Waals surface area contributed by atoms with Crippen LogP contribution in [-0.2, 0) is 7.05 Å². The number of unbranched alkanes of at least 4 members (excludes halogenated alkanes) is 1. The quantitative estimate of drug-likeness (QED) is 0.418. The van der Waals surface area contributed by atoms with Crippen molar-refractivity contribution < 1.29 is 0 Å². The summed E-state index contributed by atoms with van der Waals surface area (Å²) < 4.78 is 1.50. The molecule has 19 heavy (non-hydrogen) atoms. The van der Waals surface area contributed by atoms with Gasteiger partial charge in [-0.3, -0.25) is 19.4 Å². The van der Waals surface area contributed by atoms with Crippen molar-refractivity contribution in [3.05, 3.63) is 20.7 Å². The molecule has 0 aromatic carbocycles. The molecule has 0 fully saturated rings. The highest BCUT2D eigenvalue weighted by Crippen LogP contribution is 2.14. The Morgan fingerprint density at radius 3 is 2.84 bits per heavy atom. The van der Waals surface area contributed by atoms with Gasteiger partial charge in [0.05, 0.1) is 0 Å². The van der Waals surface area contributed by atoms with Crippen LogP contribution in [0, 0.1) is 0 Å². The molecule has 1 unspecified atom stereocenters. The summed E-state index contributed by atoms with van der Waals surface area (Å²) in [5.74, 6) is 0.894. The number of thioether (sulfide) groups is 1. The second-order valence-electron chi connectivity index (χ2n) is 4.50. The average molecular weight is 286 g/mol. The molecule has 1 aromatic rings. The molecule has 0 saturated carbocycles. The third-order valence-electron chi connectivity index (χ3n) is 2.76. The summed E-state index contributed by atoms with van der Waals surface area (Å²) in [6.07, 6.45) is 3.35. The van der Waals surface area contributed by atoms with Crippen LogP contribution in [0.3, 0.4) is 0 Å². The van der Waals surface area contributed by atoms with E-state index in [0.717, 1.165) is 31.6 Å². The Morgan fingerprint density at radius 1 is 1.42 bits per heavy atom. The smallest absolute Gasteiger partial charge is 0.315 e. The number of nitrogens with zero attached hydrogens (tertiary/aromatic N) is 2. The van der Waals surface area contributed by atoms with Gasteiger partial charge in [-0.05, 0) is 26.3 Å². The van der Waals surface area contributed by atoms with E-state index in [1.165, 1.54) is 16.4 Å². The number of aryl methyl sites for hydroxylation is 1. The van der Waals surface area contributed by atoms with E-state index in [1.54, 1.807) is 7.05 Å². The Kier molecular flexibility index (Phi) is 6.86. The number of aromatic amines is 1. The molecular formula is C12H22N4O2S. The second-order valence-corrected chi connectivity index (χ2v) is 5.56. The van der Waals surface area contributed by atoms with Crippen LogP contribution in [0.15, 0.2) is 14.7 Å². The first-order valence-corrected chi connectivity index (χ1v) is 7.56.